The molecule has 12 heteroatoms. The van der Waals surface area contributed by atoms with E-state index in [1.54, 1.807) is 18.2 Å². The molecular formula is C25H33F3N6O3. The molecule has 2 amide bonds. The summed E-state index contributed by atoms with van der Waals surface area (Å²) in [6.07, 6.45) is -4.78. The summed E-state index contributed by atoms with van der Waals surface area (Å²) in [6.45, 7) is 6.53. The number of hydrogen-bond donors (Lipinski definition) is 3. The van der Waals surface area contributed by atoms with E-state index in [0.29, 0.717) is 55.9 Å². The molecule has 2 aromatic rings. The molecule has 2 saturated heterocycles. The smallest absolute Gasteiger partial charge is 0.389 e. The molecule has 2 fully saturated rings. The highest BCUT2D eigenvalue weighted by molar-refractivity contribution is 5.90. The number of ether oxygens (including phenoxy) is 1. The minimum Gasteiger partial charge on any atom is -0.394 e. The Hall–Kier alpha value is -3.12. The Balaban J connectivity index is 1.55. The highest BCUT2D eigenvalue weighted by Gasteiger charge is 2.36. The van der Waals surface area contributed by atoms with Crippen LogP contribution in [0.1, 0.15) is 25.3 Å². The number of hydrogen-bond acceptors (Lipinski definition) is 7. The lowest BCUT2D eigenvalue weighted by atomic mass is 10.0. The van der Waals surface area contributed by atoms with Crippen LogP contribution in [-0.2, 0) is 4.74 Å². The van der Waals surface area contributed by atoms with Crippen LogP contribution in [0.25, 0.3) is 11.3 Å². The normalized spacial score (nSPS) is 19.1. The number of likely N-dealkylation sites (tertiary alicyclic amines) is 1. The van der Waals surface area contributed by atoms with Crippen molar-refractivity contribution in [3.63, 3.8) is 0 Å². The Labute approximate surface area is 214 Å². The Kier molecular flexibility index (Phi) is 8.38. The van der Waals surface area contributed by atoms with Crippen LogP contribution in [0.3, 0.4) is 0 Å². The van der Waals surface area contributed by atoms with Crippen molar-refractivity contribution in [2.45, 2.75) is 38.9 Å². The standard InChI is InChI=1S/C25H33F3N6O3/c1-16-3-4-19(30-24(36)34-6-5-18(14-34)13-25(26,27)28)11-20(16)21-12-22(29-17(2)15-35)32-23(31-21)33-7-9-37-10-8-33/h3-4,11-12,17-18,35H,5-10,13-15H2,1-2H3,(H,30,36)(H,29,31,32)/t17?,18-/m0/s1. The van der Waals surface area contributed by atoms with Gasteiger partial charge in [-0.25, -0.2) is 9.78 Å². The van der Waals surface area contributed by atoms with Gasteiger partial charge in [0, 0.05) is 56.0 Å². The van der Waals surface area contributed by atoms with Crippen molar-refractivity contribution in [1.82, 2.24) is 14.9 Å². The SMILES string of the molecule is Cc1ccc(NC(=O)N2CC[C@@H](CC(F)(F)F)C2)cc1-c1cc(NC(C)CO)nc(N2CCOCC2)n1. The quantitative estimate of drug-likeness (QED) is 0.507. The number of aliphatic hydroxyl groups is 1. The van der Waals surface area contributed by atoms with Gasteiger partial charge in [0.15, 0.2) is 0 Å². The van der Waals surface area contributed by atoms with Crippen molar-refractivity contribution in [3.05, 3.63) is 29.8 Å². The zero-order valence-electron chi connectivity index (χ0n) is 21.0. The Morgan fingerprint density at radius 2 is 1.97 bits per heavy atom. The lowest BCUT2D eigenvalue weighted by molar-refractivity contribution is -0.143. The van der Waals surface area contributed by atoms with E-state index in [0.717, 1.165) is 11.1 Å². The van der Waals surface area contributed by atoms with E-state index in [4.69, 9.17) is 9.72 Å². The third kappa shape index (κ3) is 7.22. The van der Waals surface area contributed by atoms with Gasteiger partial charge in [0.05, 0.1) is 25.5 Å². The second-order valence-electron chi connectivity index (χ2n) is 9.65. The first-order valence-corrected chi connectivity index (χ1v) is 12.4. The Morgan fingerprint density at radius 1 is 1.22 bits per heavy atom. The fraction of sp³-hybridized carbons (Fsp3) is 0.560. The van der Waals surface area contributed by atoms with Crippen LogP contribution in [-0.4, -0.2) is 84.2 Å². The van der Waals surface area contributed by atoms with Crippen LogP contribution in [0.5, 0.6) is 0 Å². The molecule has 2 atom stereocenters. The maximum atomic E-state index is 12.8. The van der Waals surface area contributed by atoms with Crippen LogP contribution < -0.4 is 15.5 Å². The van der Waals surface area contributed by atoms with Crippen LogP contribution >= 0.6 is 0 Å². The molecule has 2 aliphatic rings. The summed E-state index contributed by atoms with van der Waals surface area (Å²) in [4.78, 5) is 25.7. The van der Waals surface area contributed by atoms with Crippen LogP contribution in [0, 0.1) is 12.8 Å². The number of carbonyl (C=O) groups is 1. The van der Waals surface area contributed by atoms with Gasteiger partial charge in [-0.05, 0) is 43.9 Å². The highest BCUT2D eigenvalue weighted by Crippen LogP contribution is 2.32. The van der Waals surface area contributed by atoms with Crippen molar-refractivity contribution >= 4 is 23.5 Å². The van der Waals surface area contributed by atoms with E-state index >= 15 is 0 Å². The molecule has 9 nitrogen and oxygen atoms in total. The first kappa shape index (κ1) is 26.9. The van der Waals surface area contributed by atoms with E-state index in [1.165, 1.54) is 4.90 Å². The Morgan fingerprint density at radius 3 is 2.68 bits per heavy atom. The number of carbonyl (C=O) groups excluding carboxylic acids is 1. The molecular weight excluding hydrogens is 489 g/mol. The first-order chi connectivity index (χ1) is 17.6. The van der Waals surface area contributed by atoms with Crippen LogP contribution in [0.2, 0.25) is 0 Å². The van der Waals surface area contributed by atoms with Gasteiger partial charge >= 0.3 is 12.2 Å². The minimum atomic E-state index is -4.23. The fourth-order valence-electron chi connectivity index (χ4n) is 4.54. The number of rotatable bonds is 7. The van der Waals surface area contributed by atoms with Gasteiger partial charge in [-0.2, -0.15) is 18.2 Å². The zero-order chi connectivity index (χ0) is 26.6. The second kappa shape index (κ2) is 11.5. The number of aliphatic hydroxyl groups excluding tert-OH is 1. The summed E-state index contributed by atoms with van der Waals surface area (Å²) in [6, 6.07) is 6.59. The van der Waals surface area contributed by atoms with Gasteiger partial charge in [0.25, 0.3) is 0 Å². The summed E-state index contributed by atoms with van der Waals surface area (Å²) in [5, 5.41) is 15.5. The highest BCUT2D eigenvalue weighted by atomic mass is 19.4. The third-order valence-electron chi connectivity index (χ3n) is 6.53. The maximum Gasteiger partial charge on any atom is 0.389 e. The maximum absolute atomic E-state index is 12.8. The molecule has 3 N–H and O–H groups in total. The molecule has 4 rings (SSSR count). The van der Waals surface area contributed by atoms with Gasteiger partial charge in [0.1, 0.15) is 5.82 Å². The molecule has 0 bridgehead atoms. The number of benzene rings is 1. The summed E-state index contributed by atoms with van der Waals surface area (Å²) in [5.41, 5.74) is 2.88. The lowest BCUT2D eigenvalue weighted by Crippen LogP contribution is -2.37. The molecule has 0 saturated carbocycles. The monoisotopic (exact) mass is 522 g/mol. The van der Waals surface area contributed by atoms with Crippen molar-refractivity contribution in [2.75, 3.05) is 61.5 Å². The van der Waals surface area contributed by atoms with Gasteiger partial charge < -0.3 is 30.3 Å². The van der Waals surface area contributed by atoms with Gasteiger partial charge in [-0.1, -0.05) is 6.07 Å². The molecule has 1 aromatic heterocycles. The second-order valence-corrected chi connectivity index (χ2v) is 9.65. The first-order valence-electron chi connectivity index (χ1n) is 12.4. The van der Waals surface area contributed by atoms with E-state index in [2.05, 4.69) is 15.6 Å². The molecule has 1 unspecified atom stereocenters. The molecule has 0 radical (unpaired) electrons. The molecule has 202 valence electrons. The average Bonchev–Trinajstić information content (AvgIpc) is 3.32. The summed E-state index contributed by atoms with van der Waals surface area (Å²) in [5.74, 6) is 0.524. The summed E-state index contributed by atoms with van der Waals surface area (Å²) < 4.78 is 43.7. The van der Waals surface area contributed by atoms with Gasteiger partial charge in [-0.15, -0.1) is 0 Å². The van der Waals surface area contributed by atoms with Crippen molar-refractivity contribution in [3.8, 4) is 11.3 Å². The topological polar surface area (TPSA) is 103 Å². The summed E-state index contributed by atoms with van der Waals surface area (Å²) >= 11 is 0. The zero-order valence-corrected chi connectivity index (χ0v) is 21.0. The fourth-order valence-corrected chi connectivity index (χ4v) is 4.54. The molecule has 0 aliphatic carbocycles. The number of alkyl halides is 3. The number of nitrogens with one attached hydrogen (secondary N) is 2. The number of aromatic nitrogens is 2. The number of anilines is 3. The van der Waals surface area contributed by atoms with Crippen LogP contribution in [0.15, 0.2) is 24.3 Å². The predicted molar refractivity (Wildman–Crippen MR) is 135 cm³/mol. The number of halogens is 3. The molecule has 37 heavy (non-hydrogen) atoms. The van der Waals surface area contributed by atoms with Crippen molar-refractivity contribution < 1.29 is 27.8 Å². The third-order valence-corrected chi connectivity index (χ3v) is 6.53. The molecule has 0 spiro atoms. The number of urea groups is 1. The molecule has 1 aromatic carbocycles. The van der Waals surface area contributed by atoms with Crippen molar-refractivity contribution in [2.24, 2.45) is 5.92 Å². The number of aryl methyl sites for hydroxylation is 1. The lowest BCUT2D eigenvalue weighted by Gasteiger charge is -2.27. The Bertz CT molecular complexity index is 1090. The average molecular weight is 523 g/mol. The van der Waals surface area contributed by atoms with E-state index < -0.39 is 24.5 Å². The minimum absolute atomic E-state index is 0.0624. The van der Waals surface area contributed by atoms with E-state index in [9.17, 15) is 23.1 Å². The molecule has 2 aliphatic heterocycles. The van der Waals surface area contributed by atoms with Gasteiger partial charge in [0.2, 0.25) is 5.95 Å². The van der Waals surface area contributed by atoms with E-state index in [-0.39, 0.29) is 25.7 Å². The largest absolute Gasteiger partial charge is 0.394 e. The van der Waals surface area contributed by atoms with Crippen molar-refractivity contribution in [1.29, 1.82) is 0 Å². The van der Waals surface area contributed by atoms with E-state index in [1.807, 2.05) is 24.8 Å². The number of nitrogens with zero attached hydrogens (tertiary/aromatic N) is 4. The van der Waals surface area contributed by atoms with Crippen LogP contribution in [0.4, 0.5) is 35.4 Å². The number of morpholine rings is 1. The summed E-state index contributed by atoms with van der Waals surface area (Å²) in [7, 11) is 0. The predicted octanol–water partition coefficient (Wildman–Crippen LogP) is 3.89. The molecule has 3 heterocycles. The van der Waals surface area contributed by atoms with Gasteiger partial charge in [-0.3, -0.25) is 0 Å². The number of amides is 2.